The van der Waals surface area contributed by atoms with Gasteiger partial charge in [0.1, 0.15) is 4.90 Å². The summed E-state index contributed by atoms with van der Waals surface area (Å²) in [5.74, 6) is 0.216. The second kappa shape index (κ2) is 6.70. The summed E-state index contributed by atoms with van der Waals surface area (Å²) in [6.07, 6.45) is 2.97. The van der Waals surface area contributed by atoms with E-state index in [2.05, 4.69) is 14.9 Å². The minimum atomic E-state index is -3.75. The fourth-order valence-corrected chi connectivity index (χ4v) is 3.93. The van der Waals surface area contributed by atoms with Gasteiger partial charge < -0.3 is 0 Å². The predicted molar refractivity (Wildman–Crippen MR) is 96.5 cm³/mol. The van der Waals surface area contributed by atoms with Gasteiger partial charge in [0, 0.05) is 29.4 Å². The zero-order valence-corrected chi connectivity index (χ0v) is 15.8. The van der Waals surface area contributed by atoms with Crippen molar-refractivity contribution < 1.29 is 8.42 Å². The van der Waals surface area contributed by atoms with E-state index in [1.807, 2.05) is 0 Å². The van der Waals surface area contributed by atoms with Crippen LogP contribution in [-0.2, 0) is 23.6 Å². The minimum absolute atomic E-state index is 0.116. The number of anilines is 1. The van der Waals surface area contributed by atoms with Crippen molar-refractivity contribution in [2.45, 2.75) is 18.4 Å². The molecule has 132 valence electrons. The van der Waals surface area contributed by atoms with Gasteiger partial charge in [-0.1, -0.05) is 29.3 Å². The van der Waals surface area contributed by atoms with E-state index >= 15 is 0 Å². The lowest BCUT2D eigenvalue weighted by Crippen LogP contribution is -2.14. The Kier molecular flexibility index (Phi) is 4.77. The lowest BCUT2D eigenvalue weighted by molar-refractivity contribution is 0.599. The molecule has 10 heteroatoms. The van der Waals surface area contributed by atoms with Gasteiger partial charge >= 0.3 is 0 Å². The predicted octanol–water partition coefficient (Wildman–Crippen LogP) is 3.08. The van der Waals surface area contributed by atoms with E-state index in [4.69, 9.17) is 23.2 Å². The van der Waals surface area contributed by atoms with Crippen molar-refractivity contribution in [3.05, 3.63) is 58.0 Å². The number of nitrogens with one attached hydrogen (secondary N) is 1. The van der Waals surface area contributed by atoms with Gasteiger partial charge in [-0.25, -0.2) is 8.42 Å². The van der Waals surface area contributed by atoms with Crippen LogP contribution in [0.3, 0.4) is 0 Å². The quantitative estimate of drug-likeness (QED) is 0.714. The number of sulfonamides is 1. The van der Waals surface area contributed by atoms with Crippen molar-refractivity contribution in [3.8, 4) is 0 Å². The summed E-state index contributed by atoms with van der Waals surface area (Å²) in [4.78, 5) is 0.116. The summed E-state index contributed by atoms with van der Waals surface area (Å²) in [5, 5.41) is 9.25. The van der Waals surface area contributed by atoms with Crippen LogP contribution in [0.25, 0.3) is 0 Å². The molecule has 0 fully saturated rings. The van der Waals surface area contributed by atoms with Crippen LogP contribution in [0.4, 0.5) is 5.82 Å². The molecule has 7 nitrogen and oxygen atoms in total. The first kappa shape index (κ1) is 17.8. The number of nitrogens with zero attached hydrogens (tertiary/aromatic N) is 4. The molecule has 1 N–H and O–H groups in total. The summed E-state index contributed by atoms with van der Waals surface area (Å²) in [6, 6.07) is 6.76. The topological polar surface area (TPSA) is 81.8 Å². The Hall–Kier alpha value is -2.03. The van der Waals surface area contributed by atoms with E-state index in [0.29, 0.717) is 22.3 Å². The number of hydrogen-bond donors (Lipinski definition) is 1. The van der Waals surface area contributed by atoms with Crippen LogP contribution >= 0.6 is 23.2 Å². The van der Waals surface area contributed by atoms with Crippen LogP contribution in [-0.4, -0.2) is 28.0 Å². The molecule has 0 saturated carbocycles. The summed E-state index contributed by atoms with van der Waals surface area (Å²) in [7, 11) is -2.07. The summed E-state index contributed by atoms with van der Waals surface area (Å²) in [5.41, 5.74) is 1.37. The van der Waals surface area contributed by atoms with E-state index in [9.17, 15) is 8.42 Å². The molecule has 3 aromatic rings. The molecule has 0 unspecified atom stereocenters. The third-order valence-corrected chi connectivity index (χ3v) is 5.75. The van der Waals surface area contributed by atoms with E-state index in [-0.39, 0.29) is 10.7 Å². The summed E-state index contributed by atoms with van der Waals surface area (Å²) < 4.78 is 30.4. The molecular formula is C15H15Cl2N5O2S. The van der Waals surface area contributed by atoms with Crippen molar-refractivity contribution in [2.24, 2.45) is 7.05 Å². The van der Waals surface area contributed by atoms with Crippen molar-refractivity contribution in [1.29, 1.82) is 0 Å². The van der Waals surface area contributed by atoms with Crippen LogP contribution in [0.5, 0.6) is 0 Å². The van der Waals surface area contributed by atoms with Gasteiger partial charge in [-0.05, 0) is 24.6 Å². The molecule has 0 saturated heterocycles. The molecular weight excluding hydrogens is 385 g/mol. The molecule has 0 aliphatic rings. The highest BCUT2D eigenvalue weighted by molar-refractivity contribution is 7.92. The molecule has 0 spiro atoms. The maximum Gasteiger partial charge on any atom is 0.266 e. The van der Waals surface area contributed by atoms with E-state index < -0.39 is 10.0 Å². The molecule has 0 atom stereocenters. The Morgan fingerprint density at radius 1 is 1.24 bits per heavy atom. The fraction of sp³-hybridized carbons (Fsp3) is 0.200. The van der Waals surface area contributed by atoms with Crippen LogP contribution in [0, 0.1) is 6.92 Å². The summed E-state index contributed by atoms with van der Waals surface area (Å²) >= 11 is 12.0. The number of rotatable bonds is 5. The van der Waals surface area contributed by atoms with Crippen molar-refractivity contribution >= 4 is 39.0 Å². The highest BCUT2D eigenvalue weighted by Crippen LogP contribution is 2.22. The molecule has 2 aromatic heterocycles. The van der Waals surface area contributed by atoms with Gasteiger partial charge in [-0.2, -0.15) is 10.2 Å². The van der Waals surface area contributed by atoms with Crippen LogP contribution in [0.15, 0.2) is 41.6 Å². The van der Waals surface area contributed by atoms with Crippen LogP contribution < -0.4 is 4.72 Å². The van der Waals surface area contributed by atoms with Crippen molar-refractivity contribution in [3.63, 3.8) is 0 Å². The maximum atomic E-state index is 12.4. The van der Waals surface area contributed by atoms with Gasteiger partial charge in [-0.3, -0.25) is 14.1 Å². The second-order valence-electron chi connectivity index (χ2n) is 5.46. The minimum Gasteiger partial charge on any atom is -0.272 e. The van der Waals surface area contributed by atoms with Gasteiger partial charge in [0.25, 0.3) is 10.0 Å². The highest BCUT2D eigenvalue weighted by atomic mass is 35.5. The highest BCUT2D eigenvalue weighted by Gasteiger charge is 2.21. The Bertz CT molecular complexity index is 1030. The van der Waals surface area contributed by atoms with Gasteiger partial charge in [0.2, 0.25) is 0 Å². The van der Waals surface area contributed by atoms with Crippen molar-refractivity contribution in [2.75, 3.05) is 4.72 Å². The zero-order valence-electron chi connectivity index (χ0n) is 13.4. The molecule has 25 heavy (non-hydrogen) atoms. The van der Waals surface area contributed by atoms with E-state index in [1.54, 1.807) is 49.1 Å². The zero-order chi connectivity index (χ0) is 18.2. The third kappa shape index (κ3) is 3.81. The molecule has 0 radical (unpaired) electrons. The number of halogens is 2. The van der Waals surface area contributed by atoms with E-state index in [1.165, 1.54) is 10.9 Å². The SMILES string of the molecule is Cc1c(S(=O)(=O)Nc2ccn(Cc3ccc(Cl)cc3Cl)n2)cnn1C. The second-order valence-corrected chi connectivity index (χ2v) is 7.95. The van der Waals surface area contributed by atoms with Crippen LogP contribution in [0.1, 0.15) is 11.3 Å². The number of aryl methyl sites for hydroxylation is 1. The monoisotopic (exact) mass is 399 g/mol. The lowest BCUT2D eigenvalue weighted by atomic mass is 10.2. The first-order valence-corrected chi connectivity index (χ1v) is 9.49. The van der Waals surface area contributed by atoms with E-state index in [0.717, 1.165) is 5.56 Å². The molecule has 2 heterocycles. The first-order chi connectivity index (χ1) is 11.8. The smallest absolute Gasteiger partial charge is 0.266 e. The maximum absolute atomic E-state index is 12.4. The summed E-state index contributed by atoms with van der Waals surface area (Å²) in [6.45, 7) is 2.08. The fourth-order valence-electron chi connectivity index (χ4n) is 2.26. The molecule has 0 aliphatic carbocycles. The lowest BCUT2D eigenvalue weighted by Gasteiger charge is -2.06. The standard InChI is InChI=1S/C15H15Cl2N5O2S/c1-10-14(8-18-21(10)2)25(23,24)20-15-5-6-22(19-15)9-11-3-4-12(16)7-13(11)17/h3-8H,9H2,1-2H3,(H,19,20). The first-order valence-electron chi connectivity index (χ1n) is 7.25. The number of aromatic nitrogens is 4. The Balaban J connectivity index is 1.78. The molecule has 3 rings (SSSR count). The molecule has 0 bridgehead atoms. The molecule has 0 aliphatic heterocycles. The number of hydrogen-bond acceptors (Lipinski definition) is 4. The number of benzene rings is 1. The van der Waals surface area contributed by atoms with Gasteiger partial charge in [0.15, 0.2) is 5.82 Å². The van der Waals surface area contributed by atoms with Gasteiger partial charge in [0.05, 0.1) is 18.4 Å². The van der Waals surface area contributed by atoms with Crippen molar-refractivity contribution in [1.82, 2.24) is 19.6 Å². The normalized spacial score (nSPS) is 11.7. The Morgan fingerprint density at radius 2 is 2.00 bits per heavy atom. The Morgan fingerprint density at radius 3 is 2.64 bits per heavy atom. The largest absolute Gasteiger partial charge is 0.272 e. The molecule has 1 aromatic carbocycles. The molecule has 0 amide bonds. The average molecular weight is 400 g/mol. The average Bonchev–Trinajstić information content (AvgIpc) is 3.09. The Labute approximate surface area is 155 Å². The van der Waals surface area contributed by atoms with Crippen LogP contribution in [0.2, 0.25) is 10.0 Å². The third-order valence-electron chi connectivity index (χ3n) is 3.71. The van der Waals surface area contributed by atoms with Gasteiger partial charge in [-0.15, -0.1) is 0 Å².